The Kier molecular flexibility index (Phi) is 5.80. The van der Waals surface area contributed by atoms with E-state index in [0.717, 1.165) is 22.6 Å². The van der Waals surface area contributed by atoms with Gasteiger partial charge in [-0.15, -0.1) is 0 Å². The van der Waals surface area contributed by atoms with Gasteiger partial charge >= 0.3 is 0 Å². The molecule has 0 fully saturated rings. The molecule has 0 heterocycles. The molecule has 5 nitrogen and oxygen atoms in total. The van der Waals surface area contributed by atoms with Crippen molar-refractivity contribution < 1.29 is 9.47 Å². The lowest BCUT2D eigenvalue weighted by Gasteiger charge is -2.07. The van der Waals surface area contributed by atoms with E-state index in [2.05, 4.69) is 16.4 Å². The van der Waals surface area contributed by atoms with Gasteiger partial charge in [0, 0.05) is 12.8 Å². The summed E-state index contributed by atoms with van der Waals surface area (Å²) in [6, 6.07) is 15.6. The zero-order chi connectivity index (χ0) is 15.8. The molecule has 22 heavy (non-hydrogen) atoms. The van der Waals surface area contributed by atoms with Gasteiger partial charge in [-0.3, -0.25) is 0 Å². The Morgan fingerprint density at radius 2 is 1.82 bits per heavy atom. The Bertz CT molecular complexity index is 624. The maximum absolute atomic E-state index is 5.90. The van der Waals surface area contributed by atoms with Crippen LogP contribution in [0.3, 0.4) is 0 Å². The molecular formula is C17H21N3O2. The predicted molar refractivity (Wildman–Crippen MR) is 89.1 cm³/mol. The molecule has 0 bridgehead atoms. The molecule has 116 valence electrons. The number of methoxy groups -OCH3 is 2. The highest BCUT2D eigenvalue weighted by molar-refractivity contribution is 5.92. The Morgan fingerprint density at radius 1 is 1.09 bits per heavy atom. The zero-order valence-corrected chi connectivity index (χ0v) is 12.9. The maximum atomic E-state index is 5.90. The van der Waals surface area contributed by atoms with Crippen molar-refractivity contribution in [3.05, 3.63) is 59.7 Å². The molecule has 0 radical (unpaired) electrons. The predicted octanol–water partition coefficient (Wildman–Crippen LogP) is 2.77. The number of nitrogens with one attached hydrogen (secondary N) is 1. The SMILES string of the molecule is COCc1cccc(CN=C(N)Nc2ccc(OC)cc2)c1. The second-order valence-electron chi connectivity index (χ2n) is 4.81. The van der Waals surface area contributed by atoms with Crippen LogP contribution in [0.15, 0.2) is 53.5 Å². The molecule has 0 amide bonds. The van der Waals surface area contributed by atoms with Crippen LogP contribution in [0.2, 0.25) is 0 Å². The molecule has 2 aromatic rings. The third kappa shape index (κ3) is 4.79. The van der Waals surface area contributed by atoms with Gasteiger partial charge in [0.05, 0.1) is 20.3 Å². The number of benzene rings is 2. The maximum Gasteiger partial charge on any atom is 0.193 e. The van der Waals surface area contributed by atoms with Crippen LogP contribution < -0.4 is 15.8 Å². The van der Waals surface area contributed by atoms with Gasteiger partial charge < -0.3 is 20.5 Å². The van der Waals surface area contributed by atoms with Crippen molar-refractivity contribution in [3.63, 3.8) is 0 Å². The smallest absolute Gasteiger partial charge is 0.193 e. The van der Waals surface area contributed by atoms with Crippen molar-refractivity contribution in [3.8, 4) is 5.75 Å². The number of nitrogens with two attached hydrogens (primary N) is 1. The monoisotopic (exact) mass is 299 g/mol. The van der Waals surface area contributed by atoms with Crippen LogP contribution in [0.5, 0.6) is 5.75 Å². The fourth-order valence-electron chi connectivity index (χ4n) is 2.02. The van der Waals surface area contributed by atoms with Crippen molar-refractivity contribution in [1.82, 2.24) is 0 Å². The van der Waals surface area contributed by atoms with Crippen molar-refractivity contribution in [2.45, 2.75) is 13.2 Å². The fraction of sp³-hybridized carbons (Fsp3) is 0.235. The van der Waals surface area contributed by atoms with Crippen LogP contribution in [0, 0.1) is 0 Å². The molecule has 0 aliphatic heterocycles. The van der Waals surface area contributed by atoms with E-state index in [1.807, 2.05) is 42.5 Å². The van der Waals surface area contributed by atoms with E-state index < -0.39 is 0 Å². The summed E-state index contributed by atoms with van der Waals surface area (Å²) >= 11 is 0. The van der Waals surface area contributed by atoms with Gasteiger partial charge in [0.15, 0.2) is 5.96 Å². The van der Waals surface area contributed by atoms with Gasteiger partial charge in [0.1, 0.15) is 5.75 Å². The lowest BCUT2D eigenvalue weighted by atomic mass is 10.1. The summed E-state index contributed by atoms with van der Waals surface area (Å²) in [6.07, 6.45) is 0. The normalized spacial score (nSPS) is 11.3. The van der Waals surface area contributed by atoms with Crippen LogP contribution in [-0.4, -0.2) is 20.2 Å². The summed E-state index contributed by atoms with van der Waals surface area (Å²) in [4.78, 5) is 4.34. The first-order valence-corrected chi connectivity index (χ1v) is 6.99. The van der Waals surface area contributed by atoms with Crippen LogP contribution in [-0.2, 0) is 17.9 Å². The molecule has 0 unspecified atom stereocenters. The molecule has 2 aromatic carbocycles. The molecule has 2 rings (SSSR count). The topological polar surface area (TPSA) is 68.9 Å². The molecule has 3 N–H and O–H groups in total. The average molecular weight is 299 g/mol. The molecule has 0 spiro atoms. The van der Waals surface area contributed by atoms with Crippen LogP contribution in [0.1, 0.15) is 11.1 Å². The standard InChI is InChI=1S/C17H21N3O2/c1-21-12-14-5-3-4-13(10-14)11-19-17(18)20-15-6-8-16(22-2)9-7-15/h3-10H,11-12H2,1-2H3,(H3,18,19,20). The highest BCUT2D eigenvalue weighted by atomic mass is 16.5. The molecule has 0 aromatic heterocycles. The Morgan fingerprint density at radius 3 is 2.50 bits per heavy atom. The van der Waals surface area contributed by atoms with Crippen LogP contribution in [0.25, 0.3) is 0 Å². The lowest BCUT2D eigenvalue weighted by molar-refractivity contribution is 0.185. The Hall–Kier alpha value is -2.53. The number of guanidine groups is 1. The molecule has 0 aliphatic carbocycles. The summed E-state index contributed by atoms with van der Waals surface area (Å²) in [7, 11) is 3.32. The molecule has 5 heteroatoms. The summed E-state index contributed by atoms with van der Waals surface area (Å²) in [5.41, 5.74) is 8.99. The summed E-state index contributed by atoms with van der Waals surface area (Å²) in [5.74, 6) is 1.18. The largest absolute Gasteiger partial charge is 0.497 e. The molecule has 0 atom stereocenters. The van der Waals surface area contributed by atoms with Crippen LogP contribution >= 0.6 is 0 Å². The first kappa shape index (κ1) is 15.9. The van der Waals surface area contributed by atoms with Crippen molar-refractivity contribution in [2.24, 2.45) is 10.7 Å². The van der Waals surface area contributed by atoms with E-state index in [1.54, 1.807) is 14.2 Å². The minimum absolute atomic E-state index is 0.377. The number of hydrogen-bond donors (Lipinski definition) is 2. The van der Waals surface area contributed by atoms with Crippen LogP contribution in [0.4, 0.5) is 5.69 Å². The average Bonchev–Trinajstić information content (AvgIpc) is 2.54. The minimum Gasteiger partial charge on any atom is -0.497 e. The quantitative estimate of drug-likeness (QED) is 0.635. The lowest BCUT2D eigenvalue weighted by Crippen LogP contribution is -2.22. The van der Waals surface area contributed by atoms with E-state index >= 15 is 0 Å². The highest BCUT2D eigenvalue weighted by Crippen LogP contribution is 2.14. The van der Waals surface area contributed by atoms with Crippen molar-refractivity contribution in [2.75, 3.05) is 19.5 Å². The Balaban J connectivity index is 1.95. The van der Waals surface area contributed by atoms with Gasteiger partial charge in [0.2, 0.25) is 0 Å². The summed E-state index contributed by atoms with van der Waals surface area (Å²) in [6.45, 7) is 1.11. The summed E-state index contributed by atoms with van der Waals surface area (Å²) < 4.78 is 10.2. The first-order chi connectivity index (χ1) is 10.7. The second kappa shape index (κ2) is 8.05. The number of hydrogen-bond acceptors (Lipinski definition) is 3. The van der Waals surface area contributed by atoms with Gasteiger partial charge in [-0.2, -0.15) is 0 Å². The van der Waals surface area contributed by atoms with E-state index in [-0.39, 0.29) is 0 Å². The zero-order valence-electron chi connectivity index (χ0n) is 12.9. The highest BCUT2D eigenvalue weighted by Gasteiger charge is 1.98. The van der Waals surface area contributed by atoms with E-state index in [4.69, 9.17) is 15.2 Å². The van der Waals surface area contributed by atoms with E-state index in [0.29, 0.717) is 19.1 Å². The third-order valence-electron chi connectivity index (χ3n) is 3.10. The Labute approximate surface area is 130 Å². The molecule has 0 saturated carbocycles. The van der Waals surface area contributed by atoms with Gasteiger partial charge in [0.25, 0.3) is 0 Å². The molecule has 0 saturated heterocycles. The van der Waals surface area contributed by atoms with Gasteiger partial charge in [-0.1, -0.05) is 24.3 Å². The third-order valence-corrected chi connectivity index (χ3v) is 3.10. The second-order valence-corrected chi connectivity index (χ2v) is 4.81. The summed E-state index contributed by atoms with van der Waals surface area (Å²) in [5, 5.41) is 3.05. The number of ether oxygens (including phenoxy) is 2. The van der Waals surface area contributed by atoms with E-state index in [9.17, 15) is 0 Å². The van der Waals surface area contributed by atoms with Gasteiger partial charge in [-0.25, -0.2) is 4.99 Å². The van der Waals surface area contributed by atoms with E-state index in [1.165, 1.54) is 0 Å². The fourth-order valence-corrected chi connectivity index (χ4v) is 2.02. The minimum atomic E-state index is 0.377. The number of nitrogens with zero attached hydrogens (tertiary/aromatic N) is 1. The van der Waals surface area contributed by atoms with Crippen molar-refractivity contribution in [1.29, 1.82) is 0 Å². The molecule has 0 aliphatic rings. The number of anilines is 1. The van der Waals surface area contributed by atoms with Crippen molar-refractivity contribution >= 4 is 11.6 Å². The first-order valence-electron chi connectivity index (χ1n) is 6.99. The number of aliphatic imine (C=N–C) groups is 1. The van der Waals surface area contributed by atoms with Gasteiger partial charge in [-0.05, 0) is 35.4 Å². The molecular weight excluding hydrogens is 278 g/mol. The number of rotatable bonds is 6.